The fourth-order valence-corrected chi connectivity index (χ4v) is 2.64. The van der Waals surface area contributed by atoms with Crippen LogP contribution in [0.4, 0.5) is 10.6 Å². The van der Waals surface area contributed by atoms with E-state index in [9.17, 15) is 9.59 Å². The van der Waals surface area contributed by atoms with Gasteiger partial charge in [0.25, 0.3) is 0 Å². The second-order valence-corrected chi connectivity index (χ2v) is 7.59. The van der Waals surface area contributed by atoms with Gasteiger partial charge < -0.3 is 15.0 Å². The molecule has 8 heteroatoms. The summed E-state index contributed by atoms with van der Waals surface area (Å²) in [4.78, 5) is 28.4. The molecule has 0 aliphatic carbocycles. The van der Waals surface area contributed by atoms with Crippen LogP contribution in [-0.2, 0) is 16.1 Å². The van der Waals surface area contributed by atoms with Crippen molar-refractivity contribution >= 4 is 17.8 Å². The van der Waals surface area contributed by atoms with Crippen molar-refractivity contribution in [1.82, 2.24) is 19.6 Å². The van der Waals surface area contributed by atoms with Crippen LogP contribution in [0.1, 0.15) is 33.6 Å². The van der Waals surface area contributed by atoms with Crippen molar-refractivity contribution < 1.29 is 14.3 Å². The summed E-state index contributed by atoms with van der Waals surface area (Å²) in [5, 5.41) is 7.15. The Hall–Kier alpha value is -2.09. The Bertz CT molecular complexity index is 606. The highest BCUT2D eigenvalue weighted by molar-refractivity contribution is 5.96. The maximum absolute atomic E-state index is 12.6. The second-order valence-electron chi connectivity index (χ2n) is 7.59. The third-order valence-electron chi connectivity index (χ3n) is 3.85. The Kier molecular flexibility index (Phi) is 6.05. The van der Waals surface area contributed by atoms with Gasteiger partial charge in [-0.25, -0.2) is 4.79 Å². The summed E-state index contributed by atoms with van der Waals surface area (Å²) in [6.07, 6.45) is 2.81. The van der Waals surface area contributed by atoms with Crippen molar-refractivity contribution in [2.24, 2.45) is 0 Å². The zero-order valence-electron chi connectivity index (χ0n) is 15.8. The van der Waals surface area contributed by atoms with Crippen molar-refractivity contribution in [1.29, 1.82) is 0 Å². The number of aromatic nitrogens is 2. The number of carbonyl (C=O) groups excluding carboxylic acids is 2. The van der Waals surface area contributed by atoms with Crippen LogP contribution >= 0.6 is 0 Å². The van der Waals surface area contributed by atoms with Gasteiger partial charge in [-0.1, -0.05) is 0 Å². The molecule has 0 saturated carbocycles. The van der Waals surface area contributed by atoms with E-state index in [1.165, 1.54) is 4.90 Å². The summed E-state index contributed by atoms with van der Waals surface area (Å²) in [5.74, 6) is 0.279. The van der Waals surface area contributed by atoms with Gasteiger partial charge >= 0.3 is 6.09 Å². The summed E-state index contributed by atoms with van der Waals surface area (Å²) >= 11 is 0. The first-order valence-corrected chi connectivity index (χ1v) is 8.64. The normalized spacial score (nSPS) is 17.8. The molecule has 0 bridgehead atoms. The van der Waals surface area contributed by atoms with Crippen molar-refractivity contribution in [3.63, 3.8) is 0 Å². The molecule has 1 N–H and O–H groups in total. The van der Waals surface area contributed by atoms with Crippen molar-refractivity contribution in [3.8, 4) is 0 Å². The van der Waals surface area contributed by atoms with Crippen LogP contribution in [0.2, 0.25) is 0 Å². The number of amides is 2. The second kappa shape index (κ2) is 7.86. The van der Waals surface area contributed by atoms with E-state index in [2.05, 4.69) is 15.3 Å². The fourth-order valence-electron chi connectivity index (χ4n) is 2.64. The van der Waals surface area contributed by atoms with Gasteiger partial charge in [-0.05, 0) is 47.7 Å². The van der Waals surface area contributed by atoms with Gasteiger partial charge in [-0.3, -0.25) is 14.4 Å². The quantitative estimate of drug-likeness (QED) is 0.875. The molecule has 25 heavy (non-hydrogen) atoms. The molecular formula is C17H29N5O3. The van der Waals surface area contributed by atoms with Crippen molar-refractivity contribution in [3.05, 3.63) is 12.3 Å². The molecule has 2 amide bonds. The summed E-state index contributed by atoms with van der Waals surface area (Å²) in [6.45, 7) is 7.59. The number of likely N-dealkylation sites (N-methyl/N-ethyl adjacent to an activating group) is 1. The third kappa shape index (κ3) is 5.74. The summed E-state index contributed by atoms with van der Waals surface area (Å²) in [5.41, 5.74) is -0.577. The molecule has 1 aliphatic rings. The number of carbonyl (C=O) groups is 2. The lowest BCUT2D eigenvalue weighted by Crippen LogP contribution is -2.45. The van der Waals surface area contributed by atoms with Gasteiger partial charge in [0, 0.05) is 25.4 Å². The molecule has 1 atom stereocenters. The Morgan fingerprint density at radius 3 is 2.76 bits per heavy atom. The van der Waals surface area contributed by atoms with E-state index < -0.39 is 17.7 Å². The van der Waals surface area contributed by atoms with E-state index in [1.54, 1.807) is 10.7 Å². The minimum Gasteiger partial charge on any atom is -0.444 e. The molecule has 140 valence electrons. The lowest BCUT2D eigenvalue weighted by atomic mass is 10.2. The minimum absolute atomic E-state index is 0.221. The monoisotopic (exact) mass is 351 g/mol. The van der Waals surface area contributed by atoms with Gasteiger partial charge in [0.2, 0.25) is 5.91 Å². The highest BCUT2D eigenvalue weighted by atomic mass is 16.6. The minimum atomic E-state index is -0.577. The number of anilines is 1. The SMILES string of the molecule is CN(C)CCn1ccc(NC(=O)[C@@H]2CCCN2C(=O)OC(C)(C)C)n1. The largest absolute Gasteiger partial charge is 0.444 e. The first kappa shape index (κ1) is 19.2. The number of ether oxygens (including phenoxy) is 1. The molecule has 0 radical (unpaired) electrons. The van der Waals surface area contributed by atoms with Gasteiger partial charge in [0.15, 0.2) is 5.82 Å². The van der Waals surface area contributed by atoms with Crippen LogP contribution in [0.5, 0.6) is 0 Å². The number of nitrogens with one attached hydrogen (secondary N) is 1. The molecule has 8 nitrogen and oxygen atoms in total. The number of hydrogen-bond acceptors (Lipinski definition) is 5. The summed E-state index contributed by atoms with van der Waals surface area (Å²) < 4.78 is 7.18. The molecule has 2 rings (SSSR count). The maximum atomic E-state index is 12.6. The summed E-state index contributed by atoms with van der Waals surface area (Å²) in [7, 11) is 4.00. The van der Waals surface area contributed by atoms with E-state index in [1.807, 2.05) is 41.1 Å². The third-order valence-corrected chi connectivity index (χ3v) is 3.85. The average Bonchev–Trinajstić information content (AvgIpc) is 3.12. The molecule has 0 aromatic carbocycles. The predicted octanol–water partition coefficient (Wildman–Crippen LogP) is 1.78. The Morgan fingerprint density at radius 1 is 1.40 bits per heavy atom. The highest BCUT2D eigenvalue weighted by Gasteiger charge is 2.36. The molecule has 0 unspecified atom stereocenters. The molecule has 2 heterocycles. The smallest absolute Gasteiger partial charge is 0.410 e. The van der Waals surface area contributed by atoms with E-state index in [-0.39, 0.29) is 5.91 Å². The van der Waals surface area contributed by atoms with Crippen LogP contribution in [0.15, 0.2) is 12.3 Å². The molecule has 1 fully saturated rings. The van der Waals surface area contributed by atoms with Gasteiger partial charge in [-0.15, -0.1) is 0 Å². The van der Waals surface area contributed by atoms with Crippen molar-refractivity contribution in [2.45, 2.75) is 51.8 Å². The lowest BCUT2D eigenvalue weighted by molar-refractivity contribution is -0.120. The fraction of sp³-hybridized carbons (Fsp3) is 0.706. The number of hydrogen-bond donors (Lipinski definition) is 1. The molecular weight excluding hydrogens is 322 g/mol. The number of likely N-dealkylation sites (tertiary alicyclic amines) is 1. The van der Waals surface area contributed by atoms with Crippen LogP contribution in [0, 0.1) is 0 Å². The van der Waals surface area contributed by atoms with E-state index in [0.717, 1.165) is 19.5 Å². The molecule has 1 aromatic rings. The lowest BCUT2D eigenvalue weighted by Gasteiger charge is -2.27. The Balaban J connectivity index is 1.94. The van der Waals surface area contributed by atoms with E-state index in [4.69, 9.17) is 4.74 Å². The Morgan fingerprint density at radius 2 is 2.12 bits per heavy atom. The van der Waals surface area contributed by atoms with E-state index >= 15 is 0 Å². The standard InChI is InChI=1S/C17H29N5O3/c1-17(2,3)25-16(24)22-9-6-7-13(22)15(23)18-14-8-10-21(19-14)12-11-20(4)5/h8,10,13H,6-7,9,11-12H2,1-5H3,(H,18,19,23)/t13-/m0/s1. The zero-order valence-corrected chi connectivity index (χ0v) is 15.8. The van der Waals surface area contributed by atoms with Gasteiger partial charge in [0.05, 0.1) is 6.54 Å². The van der Waals surface area contributed by atoms with Crippen LogP contribution in [0.25, 0.3) is 0 Å². The topological polar surface area (TPSA) is 79.7 Å². The molecule has 1 aliphatic heterocycles. The van der Waals surface area contributed by atoms with Crippen LogP contribution in [-0.4, -0.2) is 70.4 Å². The average molecular weight is 351 g/mol. The Labute approximate surface area is 149 Å². The highest BCUT2D eigenvalue weighted by Crippen LogP contribution is 2.22. The van der Waals surface area contributed by atoms with Crippen LogP contribution < -0.4 is 5.32 Å². The molecule has 1 aromatic heterocycles. The maximum Gasteiger partial charge on any atom is 0.410 e. The van der Waals surface area contributed by atoms with E-state index in [0.29, 0.717) is 18.8 Å². The summed E-state index contributed by atoms with van der Waals surface area (Å²) in [6, 6.07) is 1.25. The first-order chi connectivity index (χ1) is 11.7. The first-order valence-electron chi connectivity index (χ1n) is 8.64. The van der Waals surface area contributed by atoms with Gasteiger partial charge in [0.1, 0.15) is 11.6 Å². The number of rotatable bonds is 5. The number of nitrogens with zero attached hydrogens (tertiary/aromatic N) is 4. The van der Waals surface area contributed by atoms with Crippen molar-refractivity contribution in [2.75, 3.05) is 32.5 Å². The van der Waals surface area contributed by atoms with Gasteiger partial charge in [-0.2, -0.15) is 5.10 Å². The predicted molar refractivity (Wildman–Crippen MR) is 95.4 cm³/mol. The zero-order chi connectivity index (χ0) is 18.6. The molecule has 1 saturated heterocycles. The molecule has 0 spiro atoms. The van der Waals surface area contributed by atoms with Crippen LogP contribution in [0.3, 0.4) is 0 Å².